The fourth-order valence-corrected chi connectivity index (χ4v) is 0.759. The van der Waals surface area contributed by atoms with Crippen molar-refractivity contribution in [2.45, 2.75) is 13.2 Å². The fourth-order valence-electron chi connectivity index (χ4n) is 0.759. The summed E-state index contributed by atoms with van der Waals surface area (Å²) >= 11 is 0. The molecule has 56 valence electrons. The summed E-state index contributed by atoms with van der Waals surface area (Å²) in [7, 11) is 0. The van der Waals surface area contributed by atoms with Crippen LogP contribution in [-0.4, -0.2) is 25.3 Å². The lowest BCUT2D eigenvalue weighted by Crippen LogP contribution is -2.16. The van der Waals surface area contributed by atoms with Crippen molar-refractivity contribution in [3.8, 4) is 0 Å². The summed E-state index contributed by atoms with van der Waals surface area (Å²) in [4.78, 5) is 4.01. The van der Waals surface area contributed by atoms with Crippen molar-refractivity contribution in [2.75, 3.05) is 13.2 Å². The summed E-state index contributed by atoms with van der Waals surface area (Å²) in [6.45, 7) is 6.70. The number of hydrogen-bond donors (Lipinski definition) is 0. The summed E-state index contributed by atoms with van der Waals surface area (Å²) < 4.78 is 10.3. The Bertz CT molecular complexity index is 154. The molecule has 0 saturated heterocycles. The fraction of sp³-hybridized carbons (Fsp3) is 0.571. The summed E-state index contributed by atoms with van der Waals surface area (Å²) in [6.07, 6.45) is 1.40. The van der Waals surface area contributed by atoms with Crippen LogP contribution in [0, 0.1) is 0 Å². The molecule has 0 saturated carbocycles. The standard InChI is InChI=1S/C7H11NO2/c1-3-6-8-5-7(10-6)9-4-2/h3,7H,1,4-5H2,2H3. The molecule has 1 aliphatic rings. The Morgan fingerprint density at radius 1 is 2.00 bits per heavy atom. The largest absolute Gasteiger partial charge is 0.446 e. The van der Waals surface area contributed by atoms with Gasteiger partial charge in [-0.05, 0) is 13.0 Å². The summed E-state index contributed by atoms with van der Waals surface area (Å²) in [5.41, 5.74) is 0. The molecule has 0 bridgehead atoms. The molecule has 3 heteroatoms. The highest BCUT2D eigenvalue weighted by molar-refractivity contribution is 5.88. The highest BCUT2D eigenvalue weighted by atomic mass is 16.7. The summed E-state index contributed by atoms with van der Waals surface area (Å²) in [5, 5.41) is 0. The van der Waals surface area contributed by atoms with E-state index in [2.05, 4.69) is 11.6 Å². The lowest BCUT2D eigenvalue weighted by molar-refractivity contribution is -0.0630. The van der Waals surface area contributed by atoms with Crippen molar-refractivity contribution < 1.29 is 9.47 Å². The molecule has 1 unspecified atom stereocenters. The molecule has 0 N–H and O–H groups in total. The zero-order chi connectivity index (χ0) is 7.40. The molecule has 0 aromatic rings. The minimum atomic E-state index is -0.182. The van der Waals surface area contributed by atoms with E-state index in [1.54, 1.807) is 6.08 Å². The molecule has 1 rings (SSSR count). The van der Waals surface area contributed by atoms with Gasteiger partial charge >= 0.3 is 0 Å². The van der Waals surface area contributed by atoms with Gasteiger partial charge in [-0.3, -0.25) is 0 Å². The predicted octanol–water partition coefficient (Wildman–Crippen LogP) is 0.964. The Hall–Kier alpha value is -0.830. The van der Waals surface area contributed by atoms with E-state index >= 15 is 0 Å². The Labute approximate surface area is 60.4 Å². The van der Waals surface area contributed by atoms with E-state index < -0.39 is 0 Å². The number of nitrogens with zero attached hydrogens (tertiary/aromatic N) is 1. The van der Waals surface area contributed by atoms with Gasteiger partial charge in [-0.2, -0.15) is 0 Å². The highest BCUT2D eigenvalue weighted by Crippen LogP contribution is 2.05. The van der Waals surface area contributed by atoms with Gasteiger partial charge in [0.1, 0.15) is 6.54 Å². The first-order valence-corrected chi connectivity index (χ1v) is 3.32. The molecule has 0 aliphatic carbocycles. The molecule has 0 radical (unpaired) electrons. The van der Waals surface area contributed by atoms with Crippen LogP contribution in [0.1, 0.15) is 6.92 Å². The minimum absolute atomic E-state index is 0.182. The van der Waals surface area contributed by atoms with Crippen LogP contribution in [-0.2, 0) is 9.47 Å². The third kappa shape index (κ3) is 1.57. The summed E-state index contributed by atoms with van der Waals surface area (Å²) in [5.74, 6) is 0.582. The molecule has 0 amide bonds. The molecule has 0 aromatic carbocycles. The van der Waals surface area contributed by atoms with Crippen LogP contribution in [0.3, 0.4) is 0 Å². The number of hydrogen-bond acceptors (Lipinski definition) is 3. The third-order valence-corrected chi connectivity index (χ3v) is 1.18. The molecule has 1 aliphatic heterocycles. The molecule has 0 spiro atoms. The van der Waals surface area contributed by atoms with E-state index in [1.165, 1.54) is 0 Å². The van der Waals surface area contributed by atoms with Crippen molar-refractivity contribution in [3.63, 3.8) is 0 Å². The van der Waals surface area contributed by atoms with Gasteiger partial charge in [-0.15, -0.1) is 0 Å². The second kappa shape index (κ2) is 3.37. The summed E-state index contributed by atoms with van der Waals surface area (Å²) in [6, 6.07) is 0. The smallest absolute Gasteiger partial charge is 0.221 e. The normalized spacial score (nSPS) is 23.7. The first kappa shape index (κ1) is 7.28. The minimum Gasteiger partial charge on any atom is -0.446 e. The lowest BCUT2D eigenvalue weighted by atomic mass is 10.6. The second-order valence-corrected chi connectivity index (χ2v) is 1.89. The van der Waals surface area contributed by atoms with Crippen LogP contribution in [0.15, 0.2) is 17.6 Å². The van der Waals surface area contributed by atoms with E-state index in [0.29, 0.717) is 19.0 Å². The monoisotopic (exact) mass is 141 g/mol. The lowest BCUT2D eigenvalue weighted by Gasteiger charge is -2.08. The Kier molecular flexibility index (Phi) is 2.45. The average Bonchev–Trinajstić information content (AvgIpc) is 2.37. The van der Waals surface area contributed by atoms with Crippen molar-refractivity contribution in [2.24, 2.45) is 4.99 Å². The average molecular weight is 141 g/mol. The van der Waals surface area contributed by atoms with E-state index in [1.807, 2.05) is 6.92 Å². The van der Waals surface area contributed by atoms with Gasteiger partial charge < -0.3 is 9.47 Å². The maximum absolute atomic E-state index is 5.16. The highest BCUT2D eigenvalue weighted by Gasteiger charge is 2.16. The van der Waals surface area contributed by atoms with Crippen LogP contribution in [0.2, 0.25) is 0 Å². The van der Waals surface area contributed by atoms with Crippen LogP contribution < -0.4 is 0 Å². The van der Waals surface area contributed by atoms with Crippen LogP contribution in [0.25, 0.3) is 0 Å². The van der Waals surface area contributed by atoms with Crippen molar-refractivity contribution in [1.82, 2.24) is 0 Å². The van der Waals surface area contributed by atoms with Crippen molar-refractivity contribution >= 4 is 5.90 Å². The maximum Gasteiger partial charge on any atom is 0.221 e. The molecule has 10 heavy (non-hydrogen) atoms. The van der Waals surface area contributed by atoms with Gasteiger partial charge in [-0.1, -0.05) is 6.58 Å². The Balaban J connectivity index is 2.29. The number of rotatable bonds is 3. The molecule has 0 aromatic heterocycles. The van der Waals surface area contributed by atoms with Crippen molar-refractivity contribution in [1.29, 1.82) is 0 Å². The van der Waals surface area contributed by atoms with Gasteiger partial charge in [0.2, 0.25) is 12.2 Å². The van der Waals surface area contributed by atoms with Gasteiger partial charge in [-0.25, -0.2) is 4.99 Å². The van der Waals surface area contributed by atoms with E-state index in [-0.39, 0.29) is 6.29 Å². The third-order valence-electron chi connectivity index (χ3n) is 1.18. The molecule has 1 atom stereocenters. The van der Waals surface area contributed by atoms with Gasteiger partial charge in [0, 0.05) is 6.61 Å². The molecule has 3 nitrogen and oxygen atoms in total. The van der Waals surface area contributed by atoms with Crippen LogP contribution in [0.4, 0.5) is 0 Å². The molecular weight excluding hydrogens is 130 g/mol. The second-order valence-electron chi connectivity index (χ2n) is 1.89. The quantitative estimate of drug-likeness (QED) is 0.586. The van der Waals surface area contributed by atoms with Gasteiger partial charge in [0.15, 0.2) is 0 Å². The van der Waals surface area contributed by atoms with E-state index in [4.69, 9.17) is 9.47 Å². The van der Waals surface area contributed by atoms with Crippen LogP contribution >= 0.6 is 0 Å². The Morgan fingerprint density at radius 2 is 2.80 bits per heavy atom. The Morgan fingerprint density at radius 3 is 3.30 bits per heavy atom. The predicted molar refractivity (Wildman–Crippen MR) is 39.0 cm³/mol. The zero-order valence-corrected chi connectivity index (χ0v) is 6.04. The zero-order valence-electron chi connectivity index (χ0n) is 6.04. The molecule has 0 fully saturated rings. The molecule has 1 heterocycles. The van der Waals surface area contributed by atoms with Crippen molar-refractivity contribution in [3.05, 3.63) is 12.7 Å². The maximum atomic E-state index is 5.16. The first-order valence-electron chi connectivity index (χ1n) is 3.32. The van der Waals surface area contributed by atoms with E-state index in [9.17, 15) is 0 Å². The SMILES string of the molecule is C=CC1=NCC(OCC)O1. The number of ether oxygens (including phenoxy) is 2. The first-order chi connectivity index (χ1) is 4.86. The van der Waals surface area contributed by atoms with Gasteiger partial charge in [0.05, 0.1) is 0 Å². The number of aliphatic imine (C=N–C) groups is 1. The van der Waals surface area contributed by atoms with Gasteiger partial charge in [0.25, 0.3) is 0 Å². The molecular formula is C7H11NO2. The van der Waals surface area contributed by atoms with E-state index in [0.717, 1.165) is 0 Å². The van der Waals surface area contributed by atoms with Crippen LogP contribution in [0.5, 0.6) is 0 Å². The topological polar surface area (TPSA) is 30.8 Å².